The highest BCUT2D eigenvalue weighted by Gasteiger charge is 2.62. The van der Waals surface area contributed by atoms with Crippen molar-refractivity contribution in [2.45, 2.75) is 120 Å². The highest BCUT2D eigenvalue weighted by molar-refractivity contribution is 7.91. The first-order chi connectivity index (χ1) is 25.6. The smallest absolute Gasteiger partial charge is 0.408 e. The molecular formula is C39H51N5O9S. The summed E-state index contributed by atoms with van der Waals surface area (Å²) in [5.41, 5.74) is -0.763. The number of rotatable bonds is 7. The van der Waals surface area contributed by atoms with Crippen LogP contribution < -0.4 is 24.8 Å². The summed E-state index contributed by atoms with van der Waals surface area (Å²) >= 11 is 0. The highest BCUT2D eigenvalue weighted by Crippen LogP contribution is 2.46. The summed E-state index contributed by atoms with van der Waals surface area (Å²) < 4.78 is 45.5. The average molecular weight is 766 g/mol. The van der Waals surface area contributed by atoms with Crippen molar-refractivity contribution in [1.82, 2.24) is 25.2 Å². The SMILES string of the molecule is C=C[C@@H]1C[C@]1(NC(=O)[C@@H]1C[C@@H]2CN1C(=O)[C@H](C(C)(C)C)NC(=O)O[C@@H]1C[C@H]1CCCCCc1nc3ccc(OC)cc3cc1O2)C(=O)NS(=O)(=O)C1CC1. The zero-order chi connectivity index (χ0) is 38.6. The van der Waals surface area contributed by atoms with Crippen molar-refractivity contribution < 1.29 is 41.8 Å². The number of ether oxygens (including phenoxy) is 3. The molecule has 54 heavy (non-hydrogen) atoms. The molecule has 3 aliphatic carbocycles. The fraction of sp³-hybridized carbons (Fsp3) is 0.615. The second-order valence-electron chi connectivity index (χ2n) is 16.6. The number of fused-ring (bicyclic) bond motifs is 5. The van der Waals surface area contributed by atoms with Gasteiger partial charge in [-0.1, -0.05) is 39.7 Å². The molecule has 1 saturated heterocycles. The molecule has 4 amide bonds. The standard InChI is InChI=1S/C39H51N5O9S/c1-6-24-20-39(24,36(47)43-54(49,50)27-13-14-27)42-34(45)30-19-26-21-44(30)35(46)33(38(2,3)4)41-37(48)53-31-17-22(31)10-8-7-9-11-29-32(52-26)18-23-16-25(51-5)12-15-28(23)40-29/h6,12,15-16,18,22,24,26-27,30-31,33H,1,7-11,13-14,17,19-21H2,2-5H3,(H,41,48)(H,42,45)(H,43,47)/t22-,24-,26-,30+,31-,33-,39-/m1/s1. The minimum absolute atomic E-state index is 0.000652. The van der Waals surface area contributed by atoms with Gasteiger partial charge in [-0.05, 0) is 80.5 Å². The van der Waals surface area contributed by atoms with Crippen LogP contribution in [0.1, 0.15) is 84.3 Å². The van der Waals surface area contributed by atoms with E-state index in [1.807, 2.05) is 45.0 Å². The molecule has 0 spiro atoms. The summed E-state index contributed by atoms with van der Waals surface area (Å²) in [6.45, 7) is 9.25. The number of pyridine rings is 1. The number of sulfonamides is 1. The van der Waals surface area contributed by atoms with Crippen LogP contribution in [0, 0.1) is 17.3 Å². The van der Waals surface area contributed by atoms with Crippen LogP contribution in [0.25, 0.3) is 10.9 Å². The van der Waals surface area contributed by atoms with Crippen molar-refractivity contribution in [3.05, 3.63) is 42.6 Å². The van der Waals surface area contributed by atoms with E-state index >= 15 is 0 Å². The van der Waals surface area contributed by atoms with Crippen LogP contribution in [0.2, 0.25) is 0 Å². The molecule has 7 atom stereocenters. The number of hydrogen-bond acceptors (Lipinski definition) is 10. The van der Waals surface area contributed by atoms with Gasteiger partial charge in [0.15, 0.2) is 0 Å². The van der Waals surface area contributed by atoms with Crippen LogP contribution in [0.3, 0.4) is 0 Å². The van der Waals surface area contributed by atoms with Gasteiger partial charge in [0.1, 0.15) is 41.3 Å². The fourth-order valence-corrected chi connectivity index (χ4v) is 9.17. The van der Waals surface area contributed by atoms with Gasteiger partial charge in [-0.25, -0.2) is 18.2 Å². The predicted octanol–water partition coefficient (Wildman–Crippen LogP) is 3.91. The maximum Gasteiger partial charge on any atom is 0.408 e. The Hall–Kier alpha value is -4.40. The van der Waals surface area contributed by atoms with Crippen molar-refractivity contribution in [3.8, 4) is 11.5 Å². The number of amides is 4. The molecule has 14 nitrogen and oxygen atoms in total. The van der Waals surface area contributed by atoms with Gasteiger partial charge in [0.2, 0.25) is 21.8 Å². The first-order valence-corrected chi connectivity index (χ1v) is 20.6. The van der Waals surface area contributed by atoms with Crippen LogP contribution in [0.4, 0.5) is 4.79 Å². The lowest BCUT2D eigenvalue weighted by atomic mass is 9.85. The monoisotopic (exact) mass is 765 g/mol. The van der Waals surface area contributed by atoms with E-state index < -0.39 is 74.1 Å². The van der Waals surface area contributed by atoms with E-state index in [9.17, 15) is 27.6 Å². The Kier molecular flexibility index (Phi) is 10.1. The minimum atomic E-state index is -3.89. The number of alkyl carbamates (subject to hydrolysis) is 1. The Morgan fingerprint density at radius 1 is 1.09 bits per heavy atom. The molecule has 2 aliphatic heterocycles. The van der Waals surface area contributed by atoms with Crippen molar-refractivity contribution in [1.29, 1.82) is 0 Å². The number of carbonyl (C=O) groups excluding carboxylic acids is 4. The summed E-state index contributed by atoms with van der Waals surface area (Å²) in [5.74, 6) is -1.01. The van der Waals surface area contributed by atoms with Crippen LogP contribution in [-0.2, 0) is 35.6 Å². The van der Waals surface area contributed by atoms with Crippen LogP contribution in [-0.4, -0.2) is 90.9 Å². The Morgan fingerprint density at radius 2 is 1.87 bits per heavy atom. The number of methoxy groups -OCH3 is 1. The van der Waals surface area contributed by atoms with Gasteiger partial charge in [-0.15, -0.1) is 6.58 Å². The molecular weight excluding hydrogens is 715 g/mol. The van der Waals surface area contributed by atoms with Gasteiger partial charge < -0.3 is 29.7 Å². The maximum absolute atomic E-state index is 14.6. The number of nitrogens with zero attached hydrogens (tertiary/aromatic N) is 2. The quantitative estimate of drug-likeness (QED) is 0.350. The van der Waals surface area contributed by atoms with Crippen molar-refractivity contribution in [2.24, 2.45) is 17.3 Å². The summed E-state index contributed by atoms with van der Waals surface area (Å²) in [7, 11) is -2.30. The molecule has 15 heteroatoms. The van der Waals surface area contributed by atoms with Crippen molar-refractivity contribution in [3.63, 3.8) is 0 Å². The van der Waals surface area contributed by atoms with E-state index in [4.69, 9.17) is 19.2 Å². The zero-order valence-electron chi connectivity index (χ0n) is 31.4. The molecule has 0 unspecified atom stereocenters. The van der Waals surface area contributed by atoms with E-state index in [-0.39, 0.29) is 31.4 Å². The summed E-state index contributed by atoms with van der Waals surface area (Å²) in [5, 5.41) is 5.81. The minimum Gasteiger partial charge on any atom is -0.497 e. The molecule has 1 aromatic heterocycles. The number of aromatic nitrogens is 1. The second kappa shape index (κ2) is 14.3. The number of carbonyl (C=O) groups is 4. The number of hydrogen-bond donors (Lipinski definition) is 3. The molecule has 2 aromatic rings. The average Bonchev–Trinajstić information content (AvgIpc) is 4.04. The largest absolute Gasteiger partial charge is 0.497 e. The van der Waals surface area contributed by atoms with E-state index in [1.165, 1.54) is 11.0 Å². The Balaban J connectivity index is 1.22. The Bertz CT molecular complexity index is 1960. The normalized spacial score (nSPS) is 30.3. The summed E-state index contributed by atoms with van der Waals surface area (Å²) in [4.78, 5) is 62.1. The molecule has 1 aromatic carbocycles. The molecule has 5 aliphatic rings. The number of benzene rings is 1. The predicted molar refractivity (Wildman–Crippen MR) is 199 cm³/mol. The molecule has 0 radical (unpaired) electrons. The Morgan fingerprint density at radius 3 is 2.56 bits per heavy atom. The summed E-state index contributed by atoms with van der Waals surface area (Å²) in [6, 6.07) is 5.37. The molecule has 3 heterocycles. The van der Waals surface area contributed by atoms with Gasteiger partial charge in [-0.3, -0.25) is 19.1 Å². The third kappa shape index (κ3) is 7.87. The first kappa shape index (κ1) is 37.9. The van der Waals surface area contributed by atoms with Crippen molar-refractivity contribution in [2.75, 3.05) is 13.7 Å². The maximum atomic E-state index is 14.6. The zero-order valence-corrected chi connectivity index (χ0v) is 32.2. The molecule has 4 fully saturated rings. The molecule has 7 rings (SSSR count). The van der Waals surface area contributed by atoms with E-state index in [1.54, 1.807) is 7.11 Å². The number of aryl methyl sites for hydroxylation is 1. The fourth-order valence-electron chi connectivity index (χ4n) is 7.80. The van der Waals surface area contributed by atoms with Crippen molar-refractivity contribution >= 4 is 44.7 Å². The van der Waals surface area contributed by atoms with Gasteiger partial charge >= 0.3 is 6.09 Å². The van der Waals surface area contributed by atoms with Crippen LogP contribution in [0.15, 0.2) is 36.9 Å². The lowest BCUT2D eigenvalue weighted by Gasteiger charge is -2.35. The third-order valence-electron chi connectivity index (χ3n) is 11.4. The summed E-state index contributed by atoms with van der Waals surface area (Å²) in [6.07, 6.45) is 6.26. The van der Waals surface area contributed by atoms with Crippen LogP contribution in [0.5, 0.6) is 11.5 Å². The lowest BCUT2D eigenvalue weighted by molar-refractivity contribution is -0.142. The highest BCUT2D eigenvalue weighted by atomic mass is 32.2. The lowest BCUT2D eigenvalue weighted by Crippen LogP contribution is -2.60. The van der Waals surface area contributed by atoms with E-state index in [2.05, 4.69) is 21.9 Å². The molecule has 292 valence electrons. The van der Waals surface area contributed by atoms with Gasteiger partial charge in [-0.2, -0.15) is 0 Å². The van der Waals surface area contributed by atoms with Gasteiger partial charge in [0.05, 0.1) is 30.1 Å². The van der Waals surface area contributed by atoms with E-state index in [0.29, 0.717) is 30.8 Å². The van der Waals surface area contributed by atoms with Gasteiger partial charge in [0, 0.05) is 17.7 Å². The van der Waals surface area contributed by atoms with E-state index in [0.717, 1.165) is 48.7 Å². The first-order valence-electron chi connectivity index (χ1n) is 19.0. The topological polar surface area (TPSA) is 182 Å². The second-order valence-corrected chi connectivity index (χ2v) is 18.6. The van der Waals surface area contributed by atoms with Gasteiger partial charge in [0.25, 0.3) is 5.91 Å². The van der Waals surface area contributed by atoms with Crippen LogP contribution >= 0.6 is 0 Å². The molecule has 2 bridgehead atoms. The molecule has 3 saturated carbocycles. The third-order valence-corrected chi connectivity index (χ3v) is 13.3. The Labute approximate surface area is 316 Å². The number of nitrogens with one attached hydrogen (secondary N) is 3. The molecule has 3 N–H and O–H groups in total.